The molecular weight excluding hydrogens is 228 g/mol. The van der Waals surface area contributed by atoms with Crippen molar-refractivity contribution in [3.8, 4) is 5.75 Å². The van der Waals surface area contributed by atoms with E-state index in [2.05, 4.69) is 18.4 Å². The molecule has 1 aliphatic heterocycles. The second-order valence-electron chi connectivity index (χ2n) is 4.92. The number of rotatable bonds is 6. The molecule has 2 rings (SSSR count). The lowest BCUT2D eigenvalue weighted by molar-refractivity contribution is 0.118. The Balaban J connectivity index is 1.99. The van der Waals surface area contributed by atoms with E-state index in [0.29, 0.717) is 5.92 Å². The summed E-state index contributed by atoms with van der Waals surface area (Å²) in [5.74, 6) is 7.09. The van der Waals surface area contributed by atoms with Crippen LogP contribution in [0, 0.1) is 5.92 Å². The molecule has 4 nitrogen and oxygen atoms in total. The summed E-state index contributed by atoms with van der Waals surface area (Å²) < 4.78 is 11.1. The first-order valence-electron chi connectivity index (χ1n) is 6.46. The lowest BCUT2D eigenvalue weighted by Crippen LogP contribution is -2.50. The van der Waals surface area contributed by atoms with Crippen LogP contribution in [0.3, 0.4) is 0 Å². The Labute approximate surface area is 108 Å². The summed E-state index contributed by atoms with van der Waals surface area (Å²) in [6, 6.07) is 8.32. The topological polar surface area (TPSA) is 56.5 Å². The fraction of sp³-hybridized carbons (Fsp3) is 0.571. The van der Waals surface area contributed by atoms with E-state index in [1.807, 2.05) is 18.2 Å². The van der Waals surface area contributed by atoms with Gasteiger partial charge in [0.2, 0.25) is 0 Å². The molecule has 0 saturated heterocycles. The van der Waals surface area contributed by atoms with Crippen LogP contribution >= 0.6 is 0 Å². The average Bonchev–Trinajstić information content (AvgIpc) is 2.80. The molecule has 0 spiro atoms. The zero-order valence-electron chi connectivity index (χ0n) is 11.1. The van der Waals surface area contributed by atoms with Crippen LogP contribution in [-0.4, -0.2) is 25.9 Å². The third-order valence-corrected chi connectivity index (χ3v) is 3.66. The first kappa shape index (κ1) is 13.3. The van der Waals surface area contributed by atoms with Gasteiger partial charge < -0.3 is 9.47 Å². The van der Waals surface area contributed by atoms with Crippen LogP contribution in [0.5, 0.6) is 5.75 Å². The molecule has 0 aromatic heterocycles. The van der Waals surface area contributed by atoms with Crippen LogP contribution in [0.25, 0.3) is 0 Å². The smallest absolute Gasteiger partial charge is 0.123 e. The number of nitrogens with two attached hydrogens (primary N) is 1. The summed E-state index contributed by atoms with van der Waals surface area (Å²) in [5, 5.41) is 0. The number of hydrogen-bond donors (Lipinski definition) is 2. The zero-order chi connectivity index (χ0) is 13.0. The number of fused-ring (bicyclic) bond motifs is 1. The Morgan fingerprint density at radius 3 is 2.94 bits per heavy atom. The van der Waals surface area contributed by atoms with Crippen LogP contribution in [-0.2, 0) is 11.2 Å². The fourth-order valence-corrected chi connectivity index (χ4v) is 2.53. The van der Waals surface area contributed by atoms with Gasteiger partial charge in [-0.3, -0.25) is 11.3 Å². The Kier molecular flexibility index (Phi) is 4.58. The molecule has 1 heterocycles. The molecule has 0 radical (unpaired) electrons. The average molecular weight is 250 g/mol. The van der Waals surface area contributed by atoms with Gasteiger partial charge in [0.05, 0.1) is 6.04 Å². The predicted molar refractivity (Wildman–Crippen MR) is 71.3 cm³/mol. The molecule has 3 unspecified atom stereocenters. The summed E-state index contributed by atoms with van der Waals surface area (Å²) >= 11 is 0. The summed E-state index contributed by atoms with van der Waals surface area (Å²) in [7, 11) is 1.72. The fourth-order valence-electron chi connectivity index (χ4n) is 2.53. The van der Waals surface area contributed by atoms with Crippen molar-refractivity contribution in [2.45, 2.75) is 31.9 Å². The van der Waals surface area contributed by atoms with E-state index in [0.717, 1.165) is 25.2 Å². The number of para-hydroxylation sites is 1. The monoisotopic (exact) mass is 250 g/mol. The van der Waals surface area contributed by atoms with Gasteiger partial charge in [0, 0.05) is 20.1 Å². The minimum absolute atomic E-state index is 0.110. The largest absolute Gasteiger partial charge is 0.488 e. The molecule has 1 aromatic rings. The van der Waals surface area contributed by atoms with Crippen molar-refractivity contribution in [2.75, 3.05) is 13.7 Å². The van der Waals surface area contributed by atoms with Crippen molar-refractivity contribution in [1.82, 2.24) is 5.43 Å². The number of methoxy groups -OCH3 is 1. The van der Waals surface area contributed by atoms with Crippen LogP contribution in [0.4, 0.5) is 0 Å². The van der Waals surface area contributed by atoms with Crippen LogP contribution < -0.4 is 16.0 Å². The second-order valence-corrected chi connectivity index (χ2v) is 4.92. The van der Waals surface area contributed by atoms with E-state index in [1.54, 1.807) is 7.11 Å². The minimum Gasteiger partial charge on any atom is -0.488 e. The van der Waals surface area contributed by atoms with Gasteiger partial charge in [0.1, 0.15) is 11.9 Å². The lowest BCUT2D eigenvalue weighted by atomic mass is 9.92. The Bertz CT molecular complexity index is 359. The highest BCUT2D eigenvalue weighted by Crippen LogP contribution is 2.31. The molecule has 3 atom stereocenters. The molecule has 0 bridgehead atoms. The number of hydrogen-bond acceptors (Lipinski definition) is 4. The van der Waals surface area contributed by atoms with Gasteiger partial charge in [0.15, 0.2) is 0 Å². The van der Waals surface area contributed by atoms with Gasteiger partial charge in [-0.2, -0.15) is 0 Å². The van der Waals surface area contributed by atoms with E-state index in [9.17, 15) is 0 Å². The molecule has 0 aliphatic carbocycles. The maximum Gasteiger partial charge on any atom is 0.123 e. The number of hydrazine groups is 1. The van der Waals surface area contributed by atoms with Gasteiger partial charge >= 0.3 is 0 Å². The Hall–Kier alpha value is -1.10. The molecule has 1 aromatic carbocycles. The second kappa shape index (κ2) is 6.18. The number of benzene rings is 1. The predicted octanol–water partition coefficient (Wildman–Crippen LogP) is 1.49. The van der Waals surface area contributed by atoms with E-state index in [1.165, 1.54) is 5.56 Å². The van der Waals surface area contributed by atoms with Crippen molar-refractivity contribution >= 4 is 0 Å². The first-order valence-corrected chi connectivity index (χ1v) is 6.46. The summed E-state index contributed by atoms with van der Waals surface area (Å²) in [5.41, 5.74) is 4.17. The van der Waals surface area contributed by atoms with E-state index < -0.39 is 0 Å². The third-order valence-electron chi connectivity index (χ3n) is 3.66. The molecular formula is C14H22N2O2. The van der Waals surface area contributed by atoms with E-state index in [4.69, 9.17) is 15.3 Å². The van der Waals surface area contributed by atoms with Crippen LogP contribution in [0.15, 0.2) is 24.3 Å². The van der Waals surface area contributed by atoms with E-state index in [-0.39, 0.29) is 12.1 Å². The molecule has 1 aliphatic rings. The maximum absolute atomic E-state index is 5.98. The number of ether oxygens (including phenoxy) is 2. The number of nitrogens with one attached hydrogen (secondary N) is 1. The quantitative estimate of drug-likeness (QED) is 0.593. The van der Waals surface area contributed by atoms with Gasteiger partial charge in [0.25, 0.3) is 0 Å². The highest BCUT2D eigenvalue weighted by molar-refractivity contribution is 5.37. The minimum atomic E-state index is 0.110. The first-order chi connectivity index (χ1) is 8.76. The third kappa shape index (κ3) is 2.83. The van der Waals surface area contributed by atoms with Crippen molar-refractivity contribution in [2.24, 2.45) is 11.8 Å². The molecule has 3 N–H and O–H groups in total. The summed E-state index contributed by atoms with van der Waals surface area (Å²) in [6.45, 7) is 2.93. The Morgan fingerprint density at radius 2 is 2.28 bits per heavy atom. The van der Waals surface area contributed by atoms with Gasteiger partial charge in [-0.05, 0) is 24.0 Å². The lowest BCUT2D eigenvalue weighted by Gasteiger charge is -2.28. The van der Waals surface area contributed by atoms with Crippen LogP contribution in [0.2, 0.25) is 0 Å². The summed E-state index contributed by atoms with van der Waals surface area (Å²) in [4.78, 5) is 0. The summed E-state index contributed by atoms with van der Waals surface area (Å²) in [6.07, 6.45) is 2.00. The molecule has 0 fully saturated rings. The highest BCUT2D eigenvalue weighted by atomic mass is 16.5. The van der Waals surface area contributed by atoms with Crippen LogP contribution in [0.1, 0.15) is 18.9 Å². The standard InChI is InChI=1S/C14H22N2O2/c1-10(7-8-17-2)14(16-15)13-9-11-5-3-4-6-12(11)18-13/h3-6,10,13-14,16H,7-9,15H2,1-2H3. The van der Waals surface area contributed by atoms with Gasteiger partial charge in [-0.15, -0.1) is 0 Å². The van der Waals surface area contributed by atoms with Crippen molar-refractivity contribution in [3.63, 3.8) is 0 Å². The van der Waals surface area contributed by atoms with Crippen molar-refractivity contribution < 1.29 is 9.47 Å². The van der Waals surface area contributed by atoms with Gasteiger partial charge in [-0.1, -0.05) is 25.1 Å². The van der Waals surface area contributed by atoms with Crippen molar-refractivity contribution in [3.05, 3.63) is 29.8 Å². The molecule has 0 amide bonds. The molecule has 0 saturated carbocycles. The molecule has 18 heavy (non-hydrogen) atoms. The van der Waals surface area contributed by atoms with Crippen molar-refractivity contribution in [1.29, 1.82) is 0 Å². The zero-order valence-corrected chi connectivity index (χ0v) is 11.1. The SMILES string of the molecule is COCCC(C)C(NN)C1Cc2ccccc2O1. The van der Waals surface area contributed by atoms with E-state index >= 15 is 0 Å². The highest BCUT2D eigenvalue weighted by Gasteiger charge is 2.32. The normalized spacial score (nSPS) is 21.2. The molecule has 4 heteroatoms. The maximum atomic E-state index is 5.98. The Morgan fingerprint density at radius 1 is 1.50 bits per heavy atom. The van der Waals surface area contributed by atoms with Gasteiger partial charge in [-0.25, -0.2) is 0 Å². The molecule has 100 valence electrons.